The third-order valence-electron chi connectivity index (χ3n) is 4.84. The van der Waals surface area contributed by atoms with Gasteiger partial charge >= 0.3 is 0 Å². The molecular formula is C20H25N5O3. The lowest BCUT2D eigenvalue weighted by atomic mass is 10.2. The van der Waals surface area contributed by atoms with Crippen LogP contribution in [0.1, 0.15) is 34.5 Å². The average Bonchev–Trinajstić information content (AvgIpc) is 2.98. The Morgan fingerprint density at radius 3 is 2.68 bits per heavy atom. The van der Waals surface area contributed by atoms with E-state index in [-0.39, 0.29) is 17.9 Å². The van der Waals surface area contributed by atoms with Gasteiger partial charge in [-0.1, -0.05) is 12.1 Å². The number of carbonyl (C=O) groups is 1. The van der Waals surface area contributed by atoms with Crippen molar-refractivity contribution in [1.29, 1.82) is 0 Å². The first kappa shape index (κ1) is 19.8. The second-order valence-electron chi connectivity index (χ2n) is 6.55. The number of fused-ring (bicyclic) bond motifs is 1. The molecule has 3 rings (SSSR count). The molecule has 0 atom stereocenters. The van der Waals surface area contributed by atoms with Gasteiger partial charge in [0.05, 0.1) is 29.7 Å². The number of benzene rings is 1. The van der Waals surface area contributed by atoms with Crippen molar-refractivity contribution in [3.63, 3.8) is 0 Å². The van der Waals surface area contributed by atoms with Crippen LogP contribution in [0.2, 0.25) is 0 Å². The minimum absolute atomic E-state index is 0.0824. The molecule has 1 amide bonds. The standard InChI is InChI=1S/C20H25N5O3/c1-5-25-14(3)16(13(2)23-25)12-21-19(26)18-22-17-9-7-6-8-15(17)20(27)24(18)10-11-28-4/h6-9H,5,10-12H2,1-4H3,(H,21,26). The molecule has 28 heavy (non-hydrogen) atoms. The predicted molar refractivity (Wildman–Crippen MR) is 106 cm³/mol. The highest BCUT2D eigenvalue weighted by Crippen LogP contribution is 2.13. The third-order valence-corrected chi connectivity index (χ3v) is 4.84. The van der Waals surface area contributed by atoms with E-state index < -0.39 is 5.91 Å². The van der Waals surface area contributed by atoms with Gasteiger partial charge in [-0.3, -0.25) is 18.8 Å². The third kappa shape index (κ3) is 3.68. The fraction of sp³-hybridized carbons (Fsp3) is 0.400. The molecule has 8 heteroatoms. The van der Waals surface area contributed by atoms with Crippen LogP contribution in [0.4, 0.5) is 0 Å². The van der Waals surface area contributed by atoms with Gasteiger partial charge in [-0.05, 0) is 32.9 Å². The molecule has 0 aliphatic rings. The number of aryl methyl sites for hydroxylation is 2. The molecule has 0 radical (unpaired) electrons. The smallest absolute Gasteiger partial charge is 0.287 e. The monoisotopic (exact) mass is 383 g/mol. The molecule has 0 unspecified atom stereocenters. The van der Waals surface area contributed by atoms with E-state index >= 15 is 0 Å². The van der Waals surface area contributed by atoms with Gasteiger partial charge in [-0.15, -0.1) is 0 Å². The van der Waals surface area contributed by atoms with E-state index in [1.54, 1.807) is 31.4 Å². The minimum atomic E-state index is -0.401. The maximum Gasteiger partial charge on any atom is 0.287 e. The first-order chi connectivity index (χ1) is 13.5. The van der Waals surface area contributed by atoms with Crippen LogP contribution in [-0.2, 0) is 24.4 Å². The molecule has 8 nitrogen and oxygen atoms in total. The van der Waals surface area contributed by atoms with Gasteiger partial charge in [0.25, 0.3) is 11.5 Å². The normalized spacial score (nSPS) is 11.1. The molecule has 0 saturated heterocycles. The molecule has 148 valence electrons. The average molecular weight is 383 g/mol. The number of carbonyl (C=O) groups excluding carboxylic acids is 1. The fourth-order valence-electron chi connectivity index (χ4n) is 3.28. The lowest BCUT2D eigenvalue weighted by molar-refractivity contribution is 0.0931. The number of para-hydroxylation sites is 1. The van der Waals surface area contributed by atoms with Crippen LogP contribution in [0.5, 0.6) is 0 Å². The highest BCUT2D eigenvalue weighted by atomic mass is 16.5. The van der Waals surface area contributed by atoms with Gasteiger partial charge in [0.2, 0.25) is 5.82 Å². The highest BCUT2D eigenvalue weighted by molar-refractivity contribution is 5.93. The summed E-state index contributed by atoms with van der Waals surface area (Å²) >= 11 is 0. The summed E-state index contributed by atoms with van der Waals surface area (Å²) in [6, 6.07) is 7.01. The van der Waals surface area contributed by atoms with Crippen molar-refractivity contribution in [1.82, 2.24) is 24.6 Å². The first-order valence-corrected chi connectivity index (χ1v) is 9.27. The van der Waals surface area contributed by atoms with Crippen LogP contribution < -0.4 is 10.9 Å². The zero-order valence-corrected chi connectivity index (χ0v) is 16.7. The molecule has 2 heterocycles. The van der Waals surface area contributed by atoms with Crippen LogP contribution in [0.25, 0.3) is 10.9 Å². The summed E-state index contributed by atoms with van der Waals surface area (Å²) in [7, 11) is 1.55. The lowest BCUT2D eigenvalue weighted by Gasteiger charge is -2.13. The topological polar surface area (TPSA) is 91.0 Å². The Labute approximate surface area is 163 Å². The van der Waals surface area contributed by atoms with Crippen molar-refractivity contribution in [3.8, 4) is 0 Å². The van der Waals surface area contributed by atoms with E-state index in [0.29, 0.717) is 24.1 Å². The second kappa shape index (κ2) is 8.35. The quantitative estimate of drug-likeness (QED) is 0.672. The number of ether oxygens (including phenoxy) is 1. The number of methoxy groups -OCH3 is 1. The summed E-state index contributed by atoms with van der Waals surface area (Å²) in [5.74, 6) is -0.319. The van der Waals surface area contributed by atoms with E-state index in [1.807, 2.05) is 25.5 Å². The summed E-state index contributed by atoms with van der Waals surface area (Å²) in [4.78, 5) is 30.2. The summed E-state index contributed by atoms with van der Waals surface area (Å²) in [5, 5.41) is 7.84. The Hall–Kier alpha value is -3.00. The van der Waals surface area contributed by atoms with E-state index in [0.717, 1.165) is 23.5 Å². The van der Waals surface area contributed by atoms with Crippen molar-refractivity contribution in [2.45, 2.75) is 40.4 Å². The van der Waals surface area contributed by atoms with Crippen molar-refractivity contribution in [2.24, 2.45) is 0 Å². The zero-order valence-electron chi connectivity index (χ0n) is 16.7. The Balaban J connectivity index is 1.94. The van der Waals surface area contributed by atoms with Crippen molar-refractivity contribution < 1.29 is 9.53 Å². The second-order valence-corrected chi connectivity index (χ2v) is 6.55. The Kier molecular flexibility index (Phi) is 5.89. The molecule has 0 aliphatic carbocycles. The van der Waals surface area contributed by atoms with E-state index in [9.17, 15) is 9.59 Å². The van der Waals surface area contributed by atoms with Crippen molar-refractivity contribution in [2.75, 3.05) is 13.7 Å². The van der Waals surface area contributed by atoms with Crippen molar-refractivity contribution >= 4 is 16.8 Å². The van der Waals surface area contributed by atoms with Crippen LogP contribution in [-0.4, -0.2) is 39.0 Å². The van der Waals surface area contributed by atoms with E-state index in [2.05, 4.69) is 15.4 Å². The van der Waals surface area contributed by atoms with Gasteiger partial charge < -0.3 is 10.1 Å². The summed E-state index contributed by atoms with van der Waals surface area (Å²) in [6.07, 6.45) is 0. The Morgan fingerprint density at radius 2 is 2.00 bits per heavy atom. The number of hydrogen-bond donors (Lipinski definition) is 1. The van der Waals surface area contributed by atoms with Gasteiger partial charge in [0.15, 0.2) is 0 Å². The molecule has 2 aromatic heterocycles. The SMILES string of the molecule is CCn1nc(C)c(CNC(=O)c2nc3ccccc3c(=O)n2CCOC)c1C. The lowest BCUT2D eigenvalue weighted by Crippen LogP contribution is -2.34. The maximum absolute atomic E-state index is 12.9. The van der Waals surface area contributed by atoms with Crippen molar-refractivity contribution in [3.05, 3.63) is 57.4 Å². The van der Waals surface area contributed by atoms with Crippen LogP contribution in [0.3, 0.4) is 0 Å². The maximum atomic E-state index is 12.9. The minimum Gasteiger partial charge on any atom is -0.383 e. The summed E-state index contributed by atoms with van der Waals surface area (Å²) in [6.45, 7) is 7.57. The van der Waals surface area contributed by atoms with Gasteiger partial charge in [-0.25, -0.2) is 4.98 Å². The number of aromatic nitrogens is 4. The fourth-order valence-corrected chi connectivity index (χ4v) is 3.28. The van der Waals surface area contributed by atoms with Crippen LogP contribution in [0.15, 0.2) is 29.1 Å². The number of rotatable bonds is 7. The van der Waals surface area contributed by atoms with Gasteiger partial charge in [-0.2, -0.15) is 5.10 Å². The number of amides is 1. The molecule has 1 N–H and O–H groups in total. The molecule has 1 aromatic carbocycles. The number of nitrogens with one attached hydrogen (secondary N) is 1. The molecule has 0 bridgehead atoms. The molecule has 0 spiro atoms. The zero-order chi connectivity index (χ0) is 20.3. The largest absolute Gasteiger partial charge is 0.383 e. The molecular weight excluding hydrogens is 358 g/mol. The highest BCUT2D eigenvalue weighted by Gasteiger charge is 2.18. The Morgan fingerprint density at radius 1 is 1.25 bits per heavy atom. The first-order valence-electron chi connectivity index (χ1n) is 9.27. The number of hydrogen-bond acceptors (Lipinski definition) is 5. The number of nitrogens with zero attached hydrogens (tertiary/aromatic N) is 4. The molecule has 3 aromatic rings. The molecule has 0 aliphatic heterocycles. The molecule has 0 fully saturated rings. The van der Waals surface area contributed by atoms with E-state index in [1.165, 1.54) is 4.57 Å². The van der Waals surface area contributed by atoms with Gasteiger partial charge in [0.1, 0.15) is 0 Å². The summed E-state index contributed by atoms with van der Waals surface area (Å²) < 4.78 is 8.37. The predicted octanol–water partition coefficient (Wildman–Crippen LogP) is 1.81. The van der Waals surface area contributed by atoms with Crippen LogP contribution in [0, 0.1) is 13.8 Å². The van der Waals surface area contributed by atoms with Gasteiger partial charge in [0, 0.05) is 31.5 Å². The van der Waals surface area contributed by atoms with Crippen LogP contribution >= 0.6 is 0 Å². The Bertz CT molecular complexity index is 1070. The summed E-state index contributed by atoms with van der Waals surface area (Å²) in [5.41, 5.74) is 3.12. The van der Waals surface area contributed by atoms with E-state index in [4.69, 9.17) is 4.74 Å². The molecule has 0 saturated carbocycles.